The van der Waals surface area contributed by atoms with E-state index in [9.17, 15) is 45.8 Å². The van der Waals surface area contributed by atoms with Crippen molar-refractivity contribution in [1.82, 2.24) is 0 Å². The van der Waals surface area contributed by atoms with Gasteiger partial charge in [0.1, 0.15) is 67.1 Å². The third kappa shape index (κ3) is 5.39. The molecular weight excluding hydrogens is 538 g/mol. The van der Waals surface area contributed by atoms with Crippen molar-refractivity contribution in [2.75, 3.05) is 13.2 Å². The smallest absolute Gasteiger partial charge is 0.147 e. The SMILES string of the molecule is O=NC1c2cc(C#C[C@H]3O[C@H](CO)[C@@H](O)[C@H](O)[C@@H]3O)ccc2-c2ccc(C#C[C@H]3O[C@H](CO)[C@@H](O)[C@H](O)[C@@H]3O)cc21. The number of aliphatic hydroxyl groups is 8. The van der Waals surface area contributed by atoms with Gasteiger partial charge in [0, 0.05) is 11.1 Å². The number of ether oxygens (including phenoxy) is 2. The number of fused-ring (bicyclic) bond motifs is 3. The van der Waals surface area contributed by atoms with E-state index in [-0.39, 0.29) is 0 Å². The average Bonchev–Trinajstić information content (AvgIpc) is 3.30. The summed E-state index contributed by atoms with van der Waals surface area (Å²) >= 11 is 0. The highest BCUT2D eigenvalue weighted by molar-refractivity contribution is 5.80. The van der Waals surface area contributed by atoms with Gasteiger partial charge < -0.3 is 50.3 Å². The van der Waals surface area contributed by atoms with Gasteiger partial charge in [-0.3, -0.25) is 0 Å². The summed E-state index contributed by atoms with van der Waals surface area (Å²) in [6, 6.07) is 9.45. The van der Waals surface area contributed by atoms with Crippen LogP contribution in [0, 0.1) is 28.6 Å². The van der Waals surface area contributed by atoms with E-state index in [1.807, 2.05) is 0 Å². The van der Waals surface area contributed by atoms with Crippen molar-refractivity contribution in [1.29, 1.82) is 0 Å². The normalized spacial score (nSPS) is 34.4. The van der Waals surface area contributed by atoms with Crippen LogP contribution < -0.4 is 0 Å². The molecule has 3 aliphatic rings. The lowest BCUT2D eigenvalue weighted by Gasteiger charge is -2.37. The molecule has 8 N–H and O–H groups in total. The van der Waals surface area contributed by atoms with Crippen LogP contribution in [-0.2, 0) is 9.47 Å². The van der Waals surface area contributed by atoms with Gasteiger partial charge in [0.2, 0.25) is 0 Å². The Morgan fingerprint density at radius 1 is 0.634 bits per heavy atom. The molecule has 12 heteroatoms. The summed E-state index contributed by atoms with van der Waals surface area (Å²) < 4.78 is 10.8. The molecule has 10 atom stereocenters. The predicted molar refractivity (Wildman–Crippen MR) is 141 cm³/mol. The van der Waals surface area contributed by atoms with Crippen LogP contribution >= 0.6 is 0 Å². The quantitative estimate of drug-likeness (QED) is 0.149. The first-order valence-corrected chi connectivity index (χ1v) is 12.9. The summed E-state index contributed by atoms with van der Waals surface area (Å²) in [5.41, 5.74) is 3.66. The van der Waals surface area contributed by atoms with E-state index < -0.39 is 80.3 Å². The molecule has 2 fully saturated rings. The van der Waals surface area contributed by atoms with E-state index >= 15 is 0 Å². The fraction of sp³-hybridized carbons (Fsp3) is 0.448. The Labute approximate surface area is 234 Å². The van der Waals surface area contributed by atoms with Crippen LogP contribution in [0.1, 0.15) is 28.3 Å². The second kappa shape index (κ2) is 11.9. The fourth-order valence-electron chi connectivity index (χ4n) is 5.26. The van der Waals surface area contributed by atoms with Gasteiger partial charge in [0.25, 0.3) is 0 Å². The highest BCUT2D eigenvalue weighted by atomic mass is 16.5. The number of hydrogen-bond acceptors (Lipinski definition) is 12. The number of benzene rings is 2. The van der Waals surface area contributed by atoms with Crippen molar-refractivity contribution in [3.8, 4) is 34.8 Å². The number of rotatable bonds is 3. The van der Waals surface area contributed by atoms with Crippen LogP contribution in [0.2, 0.25) is 0 Å². The molecule has 0 amide bonds. The Hall–Kier alpha value is -3.24. The molecule has 2 saturated heterocycles. The minimum absolute atomic E-state index is 0.477. The third-order valence-electron chi connectivity index (χ3n) is 7.59. The highest BCUT2D eigenvalue weighted by Crippen LogP contribution is 2.46. The molecule has 5 rings (SSSR count). The van der Waals surface area contributed by atoms with Gasteiger partial charge in [0.15, 0.2) is 0 Å². The number of nitroso groups, excluding NO2 is 1. The van der Waals surface area contributed by atoms with Gasteiger partial charge in [-0.1, -0.05) is 41.0 Å². The van der Waals surface area contributed by atoms with E-state index in [0.717, 1.165) is 11.1 Å². The monoisotopic (exact) mass is 567 g/mol. The lowest BCUT2D eigenvalue weighted by molar-refractivity contribution is -0.214. The molecule has 0 radical (unpaired) electrons. The number of nitrogens with zero attached hydrogens (tertiary/aromatic N) is 1. The molecule has 12 nitrogen and oxygen atoms in total. The topological polar surface area (TPSA) is 210 Å². The Balaban J connectivity index is 1.38. The minimum atomic E-state index is -1.55. The summed E-state index contributed by atoms with van der Waals surface area (Å²) in [6.07, 6.45) is -13.5. The highest BCUT2D eigenvalue weighted by Gasteiger charge is 2.43. The van der Waals surface area contributed by atoms with Crippen molar-refractivity contribution >= 4 is 0 Å². The zero-order valence-electron chi connectivity index (χ0n) is 21.5. The minimum Gasteiger partial charge on any atom is -0.394 e. The Morgan fingerprint density at radius 2 is 1.05 bits per heavy atom. The fourth-order valence-corrected chi connectivity index (χ4v) is 5.26. The first-order valence-electron chi connectivity index (χ1n) is 12.9. The van der Waals surface area contributed by atoms with Gasteiger partial charge in [-0.25, -0.2) is 0 Å². The van der Waals surface area contributed by atoms with E-state index in [4.69, 9.17) is 9.47 Å². The maximum Gasteiger partial charge on any atom is 0.147 e. The largest absolute Gasteiger partial charge is 0.394 e. The van der Waals surface area contributed by atoms with Crippen LogP contribution in [-0.4, -0.2) is 115 Å². The molecule has 0 unspecified atom stereocenters. The molecule has 2 heterocycles. The van der Waals surface area contributed by atoms with Crippen LogP contribution in [0.15, 0.2) is 41.6 Å². The summed E-state index contributed by atoms with van der Waals surface area (Å²) in [7, 11) is 0. The molecule has 1 aliphatic carbocycles. The number of hydrogen-bond donors (Lipinski definition) is 8. The van der Waals surface area contributed by atoms with Gasteiger partial charge >= 0.3 is 0 Å². The van der Waals surface area contributed by atoms with Gasteiger partial charge in [-0.15, -0.1) is 4.91 Å². The molecule has 41 heavy (non-hydrogen) atoms. The van der Waals surface area contributed by atoms with Crippen molar-refractivity contribution in [3.63, 3.8) is 0 Å². The third-order valence-corrected chi connectivity index (χ3v) is 7.59. The molecule has 0 bridgehead atoms. The van der Waals surface area contributed by atoms with Crippen molar-refractivity contribution in [3.05, 3.63) is 63.6 Å². The summed E-state index contributed by atoms with van der Waals surface area (Å²) in [6.45, 7) is -1.14. The zero-order chi connectivity index (χ0) is 29.4. The van der Waals surface area contributed by atoms with Crippen molar-refractivity contribution in [2.45, 2.75) is 67.1 Å². The van der Waals surface area contributed by atoms with Crippen LogP contribution in [0.3, 0.4) is 0 Å². The van der Waals surface area contributed by atoms with Gasteiger partial charge in [-0.05, 0) is 46.5 Å². The van der Waals surface area contributed by atoms with Gasteiger partial charge in [-0.2, -0.15) is 0 Å². The Morgan fingerprint density at radius 3 is 1.41 bits per heavy atom. The first-order chi connectivity index (χ1) is 19.7. The van der Waals surface area contributed by atoms with E-state index in [2.05, 4.69) is 28.9 Å². The second-order valence-corrected chi connectivity index (χ2v) is 10.1. The maximum absolute atomic E-state index is 11.9. The van der Waals surface area contributed by atoms with E-state index in [0.29, 0.717) is 22.3 Å². The summed E-state index contributed by atoms with van der Waals surface area (Å²) in [5, 5.41) is 82.4. The maximum atomic E-state index is 11.9. The average molecular weight is 568 g/mol. The first kappa shape index (κ1) is 29.3. The van der Waals surface area contributed by atoms with Crippen molar-refractivity contribution in [2.24, 2.45) is 5.18 Å². The molecule has 2 aromatic rings. The summed E-state index contributed by atoms with van der Waals surface area (Å²) in [5.74, 6) is 11.1. The van der Waals surface area contributed by atoms with Crippen LogP contribution in [0.4, 0.5) is 0 Å². The second-order valence-electron chi connectivity index (χ2n) is 10.1. The molecule has 216 valence electrons. The molecule has 0 saturated carbocycles. The molecule has 0 spiro atoms. The summed E-state index contributed by atoms with van der Waals surface area (Å²) in [4.78, 5) is 11.9. The lowest BCUT2D eigenvalue weighted by atomic mass is 9.95. The molecule has 0 aromatic heterocycles. The van der Waals surface area contributed by atoms with Crippen molar-refractivity contribution < 1.29 is 50.3 Å². The Kier molecular flexibility index (Phi) is 8.52. The standard InChI is InChI=1S/C29H29NO11/c31-11-21-26(35)28(37)24(33)19(40-21)7-3-13-1-5-15-16-6-2-14(10-18(16)23(30-39)17(15)9-13)4-8-20-25(34)29(38)27(36)22(12-32)41-20/h1-2,5-6,9-10,19-29,31-38H,11-12H2/t19-,20-,21-,22-,24-,25-,26-,27-,28-,29-/m1/s1. The number of aliphatic hydroxyl groups excluding tert-OH is 8. The lowest BCUT2D eigenvalue weighted by Crippen LogP contribution is -2.58. The zero-order valence-corrected chi connectivity index (χ0v) is 21.5. The van der Waals surface area contributed by atoms with Gasteiger partial charge in [0.05, 0.1) is 13.2 Å². The molecular formula is C29H29NO11. The van der Waals surface area contributed by atoms with E-state index in [1.165, 1.54) is 0 Å². The Bertz CT molecular complexity index is 1320. The predicted octanol–water partition coefficient (Wildman–Crippen LogP) is -2.09. The molecule has 2 aromatic carbocycles. The van der Waals surface area contributed by atoms with Crippen LogP contribution in [0.25, 0.3) is 11.1 Å². The molecule has 2 aliphatic heterocycles. The van der Waals surface area contributed by atoms with Crippen LogP contribution in [0.5, 0.6) is 0 Å². The van der Waals surface area contributed by atoms with E-state index in [1.54, 1.807) is 36.4 Å².